The molecule has 4 nitrogen and oxygen atoms in total. The maximum Gasteiger partial charge on any atom is 0.151 e. The molecule has 0 aromatic carbocycles. The Kier molecular flexibility index (Phi) is 4.55. The van der Waals surface area contributed by atoms with E-state index in [-0.39, 0.29) is 6.04 Å². The summed E-state index contributed by atoms with van der Waals surface area (Å²) in [5.41, 5.74) is 0. The first-order chi connectivity index (χ1) is 6.91. The fourth-order valence-corrected chi connectivity index (χ4v) is 3.75. The van der Waals surface area contributed by atoms with Gasteiger partial charge in [-0.1, -0.05) is 0 Å². The van der Waals surface area contributed by atoms with Gasteiger partial charge < -0.3 is 9.80 Å². The topological polar surface area (TPSA) is 40.6 Å². The Hall–Kier alpha value is -0.130. The molecule has 1 rings (SSSR count). The standard InChI is InChI=1S/C10H22N2O2S/c1-11(2)6-4-7-12(3)10-5-8-15(13,14)9-10/h10H,4-9H2,1-3H3. The van der Waals surface area contributed by atoms with Gasteiger partial charge in [0.2, 0.25) is 0 Å². The molecule has 0 aliphatic carbocycles. The van der Waals surface area contributed by atoms with Crippen LogP contribution < -0.4 is 0 Å². The van der Waals surface area contributed by atoms with Crippen molar-refractivity contribution in [1.82, 2.24) is 9.80 Å². The Balaban J connectivity index is 2.26. The third-order valence-corrected chi connectivity index (χ3v) is 4.70. The highest BCUT2D eigenvalue weighted by Gasteiger charge is 2.30. The average Bonchev–Trinajstić information content (AvgIpc) is 2.45. The van der Waals surface area contributed by atoms with Crippen molar-refractivity contribution in [3.63, 3.8) is 0 Å². The largest absolute Gasteiger partial charge is 0.309 e. The van der Waals surface area contributed by atoms with Crippen molar-refractivity contribution >= 4 is 9.84 Å². The molecule has 90 valence electrons. The summed E-state index contributed by atoms with van der Waals surface area (Å²) in [5, 5.41) is 0. The highest BCUT2D eigenvalue weighted by atomic mass is 32.2. The molecule has 1 heterocycles. The van der Waals surface area contributed by atoms with Crippen molar-refractivity contribution in [3.05, 3.63) is 0 Å². The molecule has 1 saturated heterocycles. The second-order valence-corrected chi connectivity index (χ2v) is 6.92. The Morgan fingerprint density at radius 2 is 1.87 bits per heavy atom. The van der Waals surface area contributed by atoms with Crippen molar-refractivity contribution in [2.45, 2.75) is 18.9 Å². The molecule has 1 unspecified atom stereocenters. The van der Waals surface area contributed by atoms with E-state index in [4.69, 9.17) is 0 Å². The van der Waals surface area contributed by atoms with E-state index in [9.17, 15) is 8.42 Å². The molecule has 0 radical (unpaired) electrons. The van der Waals surface area contributed by atoms with Gasteiger partial charge in [-0.3, -0.25) is 0 Å². The number of hydrogen-bond donors (Lipinski definition) is 0. The first-order valence-electron chi connectivity index (χ1n) is 5.46. The summed E-state index contributed by atoms with van der Waals surface area (Å²) in [5.74, 6) is 0.723. The van der Waals surface area contributed by atoms with Crippen molar-refractivity contribution in [2.24, 2.45) is 0 Å². The van der Waals surface area contributed by atoms with Crippen LogP contribution >= 0.6 is 0 Å². The molecule has 5 heteroatoms. The molecule has 15 heavy (non-hydrogen) atoms. The number of rotatable bonds is 5. The minimum atomic E-state index is -2.73. The average molecular weight is 234 g/mol. The van der Waals surface area contributed by atoms with Crippen LogP contribution in [0.15, 0.2) is 0 Å². The van der Waals surface area contributed by atoms with Crippen LogP contribution in [-0.2, 0) is 9.84 Å². The molecule has 1 aliphatic heterocycles. The van der Waals surface area contributed by atoms with E-state index < -0.39 is 9.84 Å². The van der Waals surface area contributed by atoms with Crippen LogP contribution in [0.2, 0.25) is 0 Å². The van der Waals surface area contributed by atoms with E-state index in [1.165, 1.54) is 0 Å². The molecule has 1 aliphatic rings. The fourth-order valence-electron chi connectivity index (χ4n) is 1.94. The minimum Gasteiger partial charge on any atom is -0.309 e. The third-order valence-electron chi connectivity index (χ3n) is 2.95. The van der Waals surface area contributed by atoms with E-state index in [2.05, 4.69) is 23.9 Å². The summed E-state index contributed by atoms with van der Waals surface area (Å²) in [6, 6.07) is 0.247. The van der Waals surface area contributed by atoms with Gasteiger partial charge in [0.25, 0.3) is 0 Å². The quantitative estimate of drug-likeness (QED) is 0.674. The maximum absolute atomic E-state index is 11.3. The lowest BCUT2D eigenvalue weighted by Gasteiger charge is -2.23. The fraction of sp³-hybridized carbons (Fsp3) is 1.00. The first kappa shape index (κ1) is 12.9. The van der Waals surface area contributed by atoms with Crippen LogP contribution in [-0.4, -0.2) is 70.0 Å². The monoisotopic (exact) mass is 234 g/mol. The molecule has 0 amide bonds. The molecular weight excluding hydrogens is 212 g/mol. The van der Waals surface area contributed by atoms with Crippen molar-refractivity contribution in [2.75, 3.05) is 45.7 Å². The molecule has 0 saturated carbocycles. The molecule has 0 aromatic heterocycles. The van der Waals surface area contributed by atoms with E-state index >= 15 is 0 Å². The van der Waals surface area contributed by atoms with Gasteiger partial charge >= 0.3 is 0 Å². The Morgan fingerprint density at radius 1 is 1.20 bits per heavy atom. The molecule has 0 aromatic rings. The van der Waals surface area contributed by atoms with Crippen LogP contribution in [0.4, 0.5) is 0 Å². The predicted molar refractivity (Wildman–Crippen MR) is 62.9 cm³/mol. The minimum absolute atomic E-state index is 0.247. The maximum atomic E-state index is 11.3. The highest BCUT2D eigenvalue weighted by molar-refractivity contribution is 7.91. The van der Waals surface area contributed by atoms with Crippen LogP contribution in [0.25, 0.3) is 0 Å². The van der Waals surface area contributed by atoms with Crippen molar-refractivity contribution < 1.29 is 8.42 Å². The van der Waals surface area contributed by atoms with Gasteiger partial charge in [0, 0.05) is 6.04 Å². The van der Waals surface area contributed by atoms with Gasteiger partial charge in [-0.15, -0.1) is 0 Å². The summed E-state index contributed by atoms with van der Waals surface area (Å²) < 4.78 is 22.6. The van der Waals surface area contributed by atoms with Crippen molar-refractivity contribution in [3.8, 4) is 0 Å². The number of sulfone groups is 1. The lowest BCUT2D eigenvalue weighted by atomic mass is 10.2. The van der Waals surface area contributed by atoms with Crippen LogP contribution in [0.3, 0.4) is 0 Å². The van der Waals surface area contributed by atoms with Crippen LogP contribution in [0.1, 0.15) is 12.8 Å². The third kappa shape index (κ3) is 4.49. The Morgan fingerprint density at radius 3 is 2.33 bits per heavy atom. The number of nitrogens with zero attached hydrogens (tertiary/aromatic N) is 2. The zero-order valence-corrected chi connectivity index (χ0v) is 10.8. The van der Waals surface area contributed by atoms with Gasteiger partial charge in [0.1, 0.15) is 0 Å². The van der Waals surface area contributed by atoms with E-state index in [1.54, 1.807) is 0 Å². The lowest BCUT2D eigenvalue weighted by molar-refractivity contribution is 0.245. The smallest absolute Gasteiger partial charge is 0.151 e. The molecular formula is C10H22N2O2S. The SMILES string of the molecule is CN(C)CCCN(C)C1CCS(=O)(=O)C1. The van der Waals surface area contributed by atoms with Gasteiger partial charge in [0.05, 0.1) is 11.5 Å². The molecule has 1 atom stereocenters. The summed E-state index contributed by atoms with van der Waals surface area (Å²) >= 11 is 0. The van der Waals surface area contributed by atoms with Crippen LogP contribution in [0.5, 0.6) is 0 Å². The van der Waals surface area contributed by atoms with E-state index in [0.29, 0.717) is 11.5 Å². The summed E-state index contributed by atoms with van der Waals surface area (Å²) in [6.45, 7) is 2.04. The highest BCUT2D eigenvalue weighted by Crippen LogP contribution is 2.16. The summed E-state index contributed by atoms with van der Waals surface area (Å²) in [6.07, 6.45) is 1.90. The normalized spacial score (nSPS) is 25.3. The van der Waals surface area contributed by atoms with Gasteiger partial charge in [-0.25, -0.2) is 8.42 Å². The molecule has 0 N–H and O–H groups in total. The molecule has 0 bridgehead atoms. The van der Waals surface area contributed by atoms with Crippen molar-refractivity contribution in [1.29, 1.82) is 0 Å². The zero-order valence-electron chi connectivity index (χ0n) is 9.94. The predicted octanol–water partition coefficient (Wildman–Crippen LogP) is 0.0570. The second-order valence-electron chi connectivity index (χ2n) is 4.69. The summed E-state index contributed by atoms with van der Waals surface area (Å²) in [4.78, 5) is 4.34. The Bertz CT molecular complexity index is 288. The molecule has 1 fully saturated rings. The molecule has 0 spiro atoms. The van der Waals surface area contributed by atoms with Gasteiger partial charge in [-0.05, 0) is 47.1 Å². The second kappa shape index (κ2) is 5.27. The van der Waals surface area contributed by atoms with E-state index in [0.717, 1.165) is 25.9 Å². The zero-order chi connectivity index (χ0) is 11.5. The van der Waals surface area contributed by atoms with Crippen LogP contribution in [0, 0.1) is 0 Å². The first-order valence-corrected chi connectivity index (χ1v) is 7.28. The summed E-state index contributed by atoms with van der Waals surface area (Å²) in [7, 11) is 3.41. The van der Waals surface area contributed by atoms with Gasteiger partial charge in [-0.2, -0.15) is 0 Å². The van der Waals surface area contributed by atoms with E-state index in [1.807, 2.05) is 7.05 Å². The van der Waals surface area contributed by atoms with Gasteiger partial charge in [0.15, 0.2) is 9.84 Å². The Labute approximate surface area is 93.2 Å². The lowest BCUT2D eigenvalue weighted by Crippen LogP contribution is -2.34. The number of hydrogen-bond acceptors (Lipinski definition) is 4.